The molecule has 0 fully saturated rings. The van der Waals surface area contributed by atoms with Crippen molar-refractivity contribution in [1.29, 1.82) is 0 Å². The normalized spacial score (nSPS) is 12.6. The van der Waals surface area contributed by atoms with Crippen molar-refractivity contribution in [3.05, 3.63) is 65.9 Å². The predicted octanol–water partition coefficient (Wildman–Crippen LogP) is 1.98. The molecule has 0 aliphatic rings. The number of imidazole rings is 1. The molecular weight excluding hydrogens is 288 g/mol. The molecule has 3 rings (SSSR count). The first-order valence-electron chi connectivity index (χ1n) is 7.90. The van der Waals surface area contributed by atoms with Gasteiger partial charge in [0.2, 0.25) is 0 Å². The van der Waals surface area contributed by atoms with Gasteiger partial charge in [0.15, 0.2) is 0 Å². The maximum atomic E-state index is 9.56. The van der Waals surface area contributed by atoms with E-state index in [9.17, 15) is 5.11 Å². The molecule has 1 atom stereocenters. The van der Waals surface area contributed by atoms with Crippen molar-refractivity contribution in [3.8, 4) is 0 Å². The zero-order valence-electron chi connectivity index (χ0n) is 13.3. The molecule has 3 aromatic rings. The summed E-state index contributed by atoms with van der Waals surface area (Å²) in [6, 6.07) is 10.0. The third-order valence-corrected chi connectivity index (χ3v) is 3.97. The van der Waals surface area contributed by atoms with Crippen molar-refractivity contribution in [2.45, 2.75) is 19.9 Å². The van der Waals surface area contributed by atoms with Crippen molar-refractivity contribution in [3.63, 3.8) is 0 Å². The van der Waals surface area contributed by atoms with Gasteiger partial charge in [-0.1, -0.05) is 6.07 Å². The number of fused-ring (bicyclic) bond motifs is 1. The van der Waals surface area contributed by atoms with Crippen molar-refractivity contribution >= 4 is 5.65 Å². The van der Waals surface area contributed by atoms with Crippen LogP contribution in [-0.4, -0.2) is 32.6 Å². The molecule has 5 nitrogen and oxygen atoms in total. The Balaban J connectivity index is 1.57. The Morgan fingerprint density at radius 3 is 2.96 bits per heavy atom. The van der Waals surface area contributed by atoms with Gasteiger partial charge in [0, 0.05) is 37.8 Å². The lowest BCUT2D eigenvalue weighted by Gasteiger charge is -2.14. The Morgan fingerprint density at radius 2 is 2.17 bits per heavy atom. The van der Waals surface area contributed by atoms with E-state index in [1.165, 1.54) is 5.56 Å². The number of pyridine rings is 2. The number of aryl methyl sites for hydroxylation is 1. The molecule has 0 bridgehead atoms. The standard InChI is InChI=1S/C18H22N4O/c1-14-5-7-22-17(12-21-18(22)8-14)11-19-10-15(13-23)9-16-4-2-3-6-20-16/h2-8,12,15,19,23H,9-11,13H2,1H3. The molecule has 1 unspecified atom stereocenters. The van der Waals surface area contributed by atoms with Gasteiger partial charge < -0.3 is 14.8 Å². The molecule has 0 saturated heterocycles. The molecule has 0 aliphatic carbocycles. The number of aromatic nitrogens is 3. The number of nitrogens with one attached hydrogen (secondary N) is 1. The van der Waals surface area contributed by atoms with E-state index in [0.717, 1.165) is 36.5 Å². The molecule has 0 aromatic carbocycles. The molecular formula is C18H22N4O. The highest BCUT2D eigenvalue weighted by Crippen LogP contribution is 2.09. The van der Waals surface area contributed by atoms with Crippen molar-refractivity contribution in [2.24, 2.45) is 5.92 Å². The van der Waals surface area contributed by atoms with Crippen LogP contribution in [-0.2, 0) is 13.0 Å². The molecule has 0 spiro atoms. The van der Waals surface area contributed by atoms with Crippen LogP contribution in [0.1, 0.15) is 17.0 Å². The number of aliphatic hydroxyl groups is 1. The number of aliphatic hydroxyl groups excluding tert-OH is 1. The highest BCUT2D eigenvalue weighted by atomic mass is 16.3. The summed E-state index contributed by atoms with van der Waals surface area (Å²) in [6.45, 7) is 3.68. The lowest BCUT2D eigenvalue weighted by Crippen LogP contribution is -2.27. The van der Waals surface area contributed by atoms with Gasteiger partial charge in [0.05, 0.1) is 11.9 Å². The molecule has 120 valence electrons. The zero-order valence-corrected chi connectivity index (χ0v) is 13.3. The van der Waals surface area contributed by atoms with Crippen LogP contribution in [0.5, 0.6) is 0 Å². The first-order valence-corrected chi connectivity index (χ1v) is 7.90. The maximum absolute atomic E-state index is 9.56. The van der Waals surface area contributed by atoms with Crippen LogP contribution < -0.4 is 5.32 Å². The number of hydrogen-bond donors (Lipinski definition) is 2. The molecule has 0 aliphatic heterocycles. The monoisotopic (exact) mass is 310 g/mol. The summed E-state index contributed by atoms with van der Waals surface area (Å²) in [6.07, 6.45) is 6.51. The molecule has 0 radical (unpaired) electrons. The average molecular weight is 310 g/mol. The van der Waals surface area contributed by atoms with Gasteiger partial charge in [-0.2, -0.15) is 0 Å². The van der Waals surface area contributed by atoms with Crippen molar-refractivity contribution in [2.75, 3.05) is 13.2 Å². The van der Waals surface area contributed by atoms with Crippen molar-refractivity contribution < 1.29 is 5.11 Å². The highest BCUT2D eigenvalue weighted by molar-refractivity contribution is 5.42. The Morgan fingerprint density at radius 1 is 1.26 bits per heavy atom. The molecule has 0 saturated carbocycles. The summed E-state index contributed by atoms with van der Waals surface area (Å²) < 4.78 is 2.09. The highest BCUT2D eigenvalue weighted by Gasteiger charge is 2.10. The van der Waals surface area contributed by atoms with Crippen molar-refractivity contribution in [1.82, 2.24) is 19.7 Å². The zero-order chi connectivity index (χ0) is 16.1. The van der Waals surface area contributed by atoms with E-state index in [2.05, 4.69) is 38.7 Å². The second kappa shape index (κ2) is 7.35. The number of nitrogens with zero attached hydrogens (tertiary/aromatic N) is 3. The molecule has 23 heavy (non-hydrogen) atoms. The summed E-state index contributed by atoms with van der Waals surface area (Å²) >= 11 is 0. The Labute approximate surface area is 136 Å². The van der Waals surface area contributed by atoms with E-state index in [1.807, 2.05) is 30.6 Å². The van der Waals surface area contributed by atoms with Crippen LogP contribution >= 0.6 is 0 Å². The van der Waals surface area contributed by atoms with Crippen LogP contribution in [0.2, 0.25) is 0 Å². The van der Waals surface area contributed by atoms with Crippen LogP contribution in [0.25, 0.3) is 5.65 Å². The van der Waals surface area contributed by atoms with Gasteiger partial charge in [-0.15, -0.1) is 0 Å². The fourth-order valence-electron chi connectivity index (χ4n) is 2.69. The number of rotatable bonds is 7. The fraction of sp³-hybridized carbons (Fsp3) is 0.333. The van der Waals surface area contributed by atoms with Gasteiger partial charge in [-0.05, 0) is 49.1 Å². The molecule has 0 amide bonds. The van der Waals surface area contributed by atoms with Crippen LogP contribution in [0, 0.1) is 12.8 Å². The Kier molecular flexibility index (Phi) is 5.00. The average Bonchev–Trinajstić information content (AvgIpc) is 2.97. The number of hydrogen-bond acceptors (Lipinski definition) is 4. The minimum atomic E-state index is 0.149. The van der Waals surface area contributed by atoms with E-state index in [4.69, 9.17) is 0 Å². The third kappa shape index (κ3) is 3.94. The summed E-state index contributed by atoms with van der Waals surface area (Å²) in [5.41, 5.74) is 4.31. The predicted molar refractivity (Wildman–Crippen MR) is 90.2 cm³/mol. The minimum Gasteiger partial charge on any atom is -0.396 e. The fourth-order valence-corrected chi connectivity index (χ4v) is 2.69. The van der Waals surface area contributed by atoms with Crippen LogP contribution in [0.3, 0.4) is 0 Å². The summed E-state index contributed by atoms with van der Waals surface area (Å²) in [5, 5.41) is 13.0. The van der Waals surface area contributed by atoms with E-state index in [-0.39, 0.29) is 12.5 Å². The topological polar surface area (TPSA) is 62.5 Å². The lowest BCUT2D eigenvalue weighted by molar-refractivity contribution is 0.220. The van der Waals surface area contributed by atoms with Crippen LogP contribution in [0.15, 0.2) is 48.9 Å². The van der Waals surface area contributed by atoms with Gasteiger partial charge >= 0.3 is 0 Å². The van der Waals surface area contributed by atoms with E-state index >= 15 is 0 Å². The molecule has 3 aromatic heterocycles. The van der Waals surface area contributed by atoms with Gasteiger partial charge in [0.25, 0.3) is 0 Å². The lowest BCUT2D eigenvalue weighted by atomic mass is 10.0. The van der Waals surface area contributed by atoms with E-state index in [0.29, 0.717) is 0 Å². The summed E-state index contributed by atoms with van der Waals surface area (Å²) in [5.74, 6) is 0.159. The second-order valence-corrected chi connectivity index (χ2v) is 5.89. The molecule has 2 N–H and O–H groups in total. The first-order chi connectivity index (χ1) is 11.3. The largest absolute Gasteiger partial charge is 0.396 e. The Bertz CT molecular complexity index is 754. The van der Waals surface area contributed by atoms with E-state index < -0.39 is 0 Å². The molecule has 3 heterocycles. The smallest absolute Gasteiger partial charge is 0.137 e. The van der Waals surface area contributed by atoms with Gasteiger partial charge in [-0.3, -0.25) is 4.98 Å². The quantitative estimate of drug-likeness (QED) is 0.700. The van der Waals surface area contributed by atoms with Crippen LogP contribution in [0.4, 0.5) is 0 Å². The van der Waals surface area contributed by atoms with Gasteiger partial charge in [0.1, 0.15) is 5.65 Å². The second-order valence-electron chi connectivity index (χ2n) is 5.89. The summed E-state index contributed by atoms with van der Waals surface area (Å²) in [7, 11) is 0. The van der Waals surface area contributed by atoms with E-state index in [1.54, 1.807) is 6.20 Å². The summed E-state index contributed by atoms with van der Waals surface area (Å²) in [4.78, 5) is 8.75. The maximum Gasteiger partial charge on any atom is 0.137 e. The molecule has 5 heteroatoms. The Hall–Kier alpha value is -2.24. The first kappa shape index (κ1) is 15.6. The SMILES string of the molecule is Cc1ccn2c(CNCC(CO)Cc3ccccn3)cnc2c1. The van der Waals surface area contributed by atoms with Gasteiger partial charge in [-0.25, -0.2) is 4.98 Å². The third-order valence-electron chi connectivity index (χ3n) is 3.97. The minimum absolute atomic E-state index is 0.149.